The monoisotopic (exact) mass is 432 g/mol. The van der Waals surface area contributed by atoms with Gasteiger partial charge in [0.25, 0.3) is 11.8 Å². The maximum absolute atomic E-state index is 14.1. The zero-order chi connectivity index (χ0) is 23.1. The van der Waals surface area contributed by atoms with Crippen molar-refractivity contribution in [1.82, 2.24) is 9.80 Å². The van der Waals surface area contributed by atoms with E-state index in [-0.39, 0.29) is 29.4 Å². The Morgan fingerprint density at radius 3 is 1.25 bits per heavy atom. The molecule has 0 N–H and O–H groups in total. The summed E-state index contributed by atoms with van der Waals surface area (Å²) in [5.41, 5.74) is -0.296. The number of carbonyl (C=O) groups excluding carboxylic acids is 3. The predicted octanol–water partition coefficient (Wildman–Crippen LogP) is 4.15. The van der Waals surface area contributed by atoms with Gasteiger partial charge in [-0.2, -0.15) is 0 Å². The predicted molar refractivity (Wildman–Crippen MR) is 124 cm³/mol. The molecule has 0 saturated carbocycles. The van der Waals surface area contributed by atoms with E-state index < -0.39 is 10.8 Å². The number of piperidine rings is 2. The van der Waals surface area contributed by atoms with Crippen molar-refractivity contribution < 1.29 is 14.4 Å². The Balaban J connectivity index is 1.76. The molecule has 0 spiro atoms. The fourth-order valence-electron chi connectivity index (χ4n) is 5.43. The molecular weight excluding hydrogens is 400 g/mol. The largest absolute Gasteiger partial charge is 0.336 e. The van der Waals surface area contributed by atoms with Crippen LogP contribution in [0.5, 0.6) is 0 Å². The second-order valence-electron chi connectivity index (χ2n) is 10.0. The lowest BCUT2D eigenvalue weighted by Gasteiger charge is -2.60. The number of nitrogens with zero attached hydrogens (tertiary/aromatic N) is 2. The molecule has 0 aromatic heterocycles. The summed E-state index contributed by atoms with van der Waals surface area (Å²) in [5.74, 6) is 0.105. The topological polar surface area (TPSA) is 57.7 Å². The fourth-order valence-corrected chi connectivity index (χ4v) is 5.43. The molecule has 2 saturated heterocycles. The SMILES string of the molecule is CC(C)C12CN(C(=O)c3ccccc3)CC(C(C)C)(CN(C(=O)c3ccccc3)C1)C2=O. The molecule has 0 aliphatic carbocycles. The van der Waals surface area contributed by atoms with Gasteiger partial charge in [-0.25, -0.2) is 0 Å². The van der Waals surface area contributed by atoms with Gasteiger partial charge in [-0.3, -0.25) is 14.4 Å². The van der Waals surface area contributed by atoms with Gasteiger partial charge in [0.15, 0.2) is 5.78 Å². The Bertz CT molecular complexity index is 920. The van der Waals surface area contributed by atoms with Crippen LogP contribution >= 0.6 is 0 Å². The number of hydrogen-bond donors (Lipinski definition) is 0. The van der Waals surface area contributed by atoms with Crippen LogP contribution in [-0.2, 0) is 4.79 Å². The van der Waals surface area contributed by atoms with Crippen molar-refractivity contribution in [3.8, 4) is 0 Å². The Kier molecular flexibility index (Phi) is 5.70. The van der Waals surface area contributed by atoms with Gasteiger partial charge in [-0.1, -0.05) is 64.1 Å². The maximum atomic E-state index is 14.1. The van der Waals surface area contributed by atoms with Crippen molar-refractivity contribution >= 4 is 17.6 Å². The maximum Gasteiger partial charge on any atom is 0.253 e. The van der Waals surface area contributed by atoms with Crippen LogP contribution in [-0.4, -0.2) is 53.6 Å². The third-order valence-corrected chi connectivity index (χ3v) is 7.62. The summed E-state index contributed by atoms with van der Waals surface area (Å²) in [7, 11) is 0. The van der Waals surface area contributed by atoms with Crippen molar-refractivity contribution in [2.75, 3.05) is 26.2 Å². The van der Waals surface area contributed by atoms with Crippen molar-refractivity contribution in [2.24, 2.45) is 22.7 Å². The zero-order valence-corrected chi connectivity index (χ0v) is 19.4. The summed E-state index contributed by atoms with van der Waals surface area (Å²) in [5, 5.41) is 0. The zero-order valence-electron chi connectivity index (χ0n) is 19.4. The number of Topliss-reactive ketones (excluding diaryl/α,β-unsaturated/α-hetero) is 1. The first-order chi connectivity index (χ1) is 15.2. The number of ketones is 1. The molecule has 2 fully saturated rings. The molecule has 4 rings (SSSR count). The standard InChI is InChI=1S/C27H32N2O3/c1-19(2)26-15-28(23(30)21-11-7-5-8-12-21)17-27(20(3)4,25(26)32)18-29(16-26)24(31)22-13-9-6-10-14-22/h5-14,19-20H,15-18H2,1-4H3. The summed E-state index contributed by atoms with van der Waals surface area (Å²) < 4.78 is 0. The van der Waals surface area contributed by atoms with Gasteiger partial charge in [0.1, 0.15) is 0 Å². The molecule has 0 radical (unpaired) electrons. The highest BCUT2D eigenvalue weighted by atomic mass is 16.2. The van der Waals surface area contributed by atoms with Gasteiger partial charge in [0.05, 0.1) is 10.8 Å². The molecule has 2 aromatic carbocycles. The van der Waals surface area contributed by atoms with E-state index in [0.717, 1.165) is 0 Å². The summed E-state index contributed by atoms with van der Waals surface area (Å²) in [6.07, 6.45) is 0. The molecule has 5 heteroatoms. The van der Waals surface area contributed by atoms with E-state index in [1.54, 1.807) is 0 Å². The molecule has 2 aliphatic heterocycles. The molecule has 168 valence electrons. The van der Waals surface area contributed by atoms with Crippen molar-refractivity contribution in [3.05, 3.63) is 71.8 Å². The number of benzene rings is 2. The lowest BCUT2D eigenvalue weighted by atomic mass is 9.55. The summed E-state index contributed by atoms with van der Waals surface area (Å²) in [6, 6.07) is 18.5. The summed E-state index contributed by atoms with van der Waals surface area (Å²) >= 11 is 0. The molecule has 2 bridgehead atoms. The van der Waals surface area contributed by atoms with E-state index in [1.807, 2.05) is 98.2 Å². The highest BCUT2D eigenvalue weighted by molar-refractivity contribution is 6.01. The molecule has 2 heterocycles. The van der Waals surface area contributed by atoms with Crippen LogP contribution in [0.3, 0.4) is 0 Å². The lowest BCUT2D eigenvalue weighted by molar-refractivity contribution is -0.166. The van der Waals surface area contributed by atoms with Gasteiger partial charge in [0, 0.05) is 37.3 Å². The van der Waals surface area contributed by atoms with Crippen molar-refractivity contribution in [3.63, 3.8) is 0 Å². The van der Waals surface area contributed by atoms with E-state index in [4.69, 9.17) is 0 Å². The average Bonchev–Trinajstić information content (AvgIpc) is 2.79. The number of hydrogen-bond acceptors (Lipinski definition) is 3. The molecule has 0 atom stereocenters. The molecule has 0 unspecified atom stereocenters. The first kappa shape index (κ1) is 22.3. The first-order valence-electron chi connectivity index (χ1n) is 11.4. The molecule has 2 amide bonds. The second kappa shape index (κ2) is 8.19. The lowest BCUT2D eigenvalue weighted by Crippen LogP contribution is -2.73. The minimum Gasteiger partial charge on any atom is -0.336 e. The van der Waals surface area contributed by atoms with Crippen LogP contribution in [0.4, 0.5) is 0 Å². The van der Waals surface area contributed by atoms with E-state index in [2.05, 4.69) is 0 Å². The van der Waals surface area contributed by atoms with Crippen LogP contribution in [0, 0.1) is 22.7 Å². The molecule has 2 aromatic rings. The van der Waals surface area contributed by atoms with Crippen LogP contribution < -0.4 is 0 Å². The quantitative estimate of drug-likeness (QED) is 0.729. The van der Waals surface area contributed by atoms with Crippen LogP contribution in [0.15, 0.2) is 60.7 Å². The summed E-state index contributed by atoms with van der Waals surface area (Å²) in [4.78, 5) is 44.7. The van der Waals surface area contributed by atoms with Gasteiger partial charge >= 0.3 is 0 Å². The fraction of sp³-hybridized carbons (Fsp3) is 0.444. The van der Waals surface area contributed by atoms with Gasteiger partial charge < -0.3 is 9.80 Å². The number of amides is 2. The number of carbonyl (C=O) groups is 3. The minimum absolute atomic E-state index is 0.00845. The van der Waals surface area contributed by atoms with E-state index >= 15 is 0 Å². The molecule has 32 heavy (non-hydrogen) atoms. The molecule has 5 nitrogen and oxygen atoms in total. The minimum atomic E-state index is -0.782. The average molecular weight is 433 g/mol. The highest BCUT2D eigenvalue weighted by Crippen LogP contribution is 2.50. The summed E-state index contributed by atoms with van der Waals surface area (Å²) in [6.45, 7) is 9.50. The number of fused-ring (bicyclic) bond motifs is 2. The molecule has 2 aliphatic rings. The smallest absolute Gasteiger partial charge is 0.253 e. The van der Waals surface area contributed by atoms with Crippen LogP contribution in [0.25, 0.3) is 0 Å². The number of rotatable bonds is 4. The Hall–Kier alpha value is -2.95. The third-order valence-electron chi connectivity index (χ3n) is 7.62. The van der Waals surface area contributed by atoms with Crippen LogP contribution in [0.1, 0.15) is 48.4 Å². The Morgan fingerprint density at radius 2 is 0.969 bits per heavy atom. The van der Waals surface area contributed by atoms with Crippen molar-refractivity contribution in [1.29, 1.82) is 0 Å². The van der Waals surface area contributed by atoms with Gasteiger partial charge in [-0.05, 0) is 36.1 Å². The Labute approximate surface area is 190 Å². The van der Waals surface area contributed by atoms with Crippen molar-refractivity contribution in [2.45, 2.75) is 27.7 Å². The second-order valence-corrected chi connectivity index (χ2v) is 10.0. The number of likely N-dealkylation sites (tertiary alicyclic amines) is 2. The third kappa shape index (κ3) is 3.44. The molecular formula is C27H32N2O3. The first-order valence-corrected chi connectivity index (χ1v) is 11.4. The van der Waals surface area contributed by atoms with Gasteiger partial charge in [0.2, 0.25) is 0 Å². The van der Waals surface area contributed by atoms with Gasteiger partial charge in [-0.15, -0.1) is 0 Å². The normalized spacial score (nSPS) is 25.4. The Morgan fingerprint density at radius 1 is 0.656 bits per heavy atom. The van der Waals surface area contributed by atoms with E-state index in [1.165, 1.54) is 0 Å². The highest BCUT2D eigenvalue weighted by Gasteiger charge is 2.63. The van der Waals surface area contributed by atoms with Crippen LogP contribution in [0.2, 0.25) is 0 Å². The van der Waals surface area contributed by atoms with E-state index in [9.17, 15) is 14.4 Å². The van der Waals surface area contributed by atoms with E-state index in [0.29, 0.717) is 37.3 Å².